The Hall–Kier alpha value is -7.82. The number of nitrogens with zero attached hydrogens (tertiary/aromatic N) is 4. The second kappa shape index (κ2) is 12.9. The van der Waals surface area contributed by atoms with Gasteiger partial charge in [-0.1, -0.05) is 152 Å². The van der Waals surface area contributed by atoms with Gasteiger partial charge in [0.25, 0.3) is 0 Å². The highest BCUT2D eigenvalue weighted by atomic mass is 15.2. The van der Waals surface area contributed by atoms with Crippen molar-refractivity contribution in [3.05, 3.63) is 206 Å². The Labute approximate surface area is 334 Å². The second-order valence-electron chi connectivity index (χ2n) is 15.0. The summed E-state index contributed by atoms with van der Waals surface area (Å²) in [6, 6.07) is 73.8. The molecule has 4 heteroatoms. The van der Waals surface area contributed by atoms with Crippen molar-refractivity contribution in [3.8, 4) is 45.3 Å². The van der Waals surface area contributed by atoms with Crippen LogP contribution in [0, 0.1) is 0 Å². The van der Waals surface area contributed by atoms with Gasteiger partial charge >= 0.3 is 0 Å². The van der Waals surface area contributed by atoms with Crippen LogP contribution in [0.2, 0.25) is 0 Å². The van der Waals surface area contributed by atoms with Gasteiger partial charge in [0, 0.05) is 38.4 Å². The molecular formula is C54H34N4. The third-order valence-electron chi connectivity index (χ3n) is 11.7. The summed E-state index contributed by atoms with van der Waals surface area (Å²) in [4.78, 5) is 10.8. The highest BCUT2D eigenvalue weighted by Gasteiger charge is 2.20. The zero-order chi connectivity index (χ0) is 38.2. The summed E-state index contributed by atoms with van der Waals surface area (Å²) in [6.07, 6.45) is 0. The Morgan fingerprint density at radius 3 is 1.29 bits per heavy atom. The Morgan fingerprint density at radius 2 is 0.724 bits per heavy atom. The molecule has 12 aromatic rings. The molecule has 270 valence electrons. The molecule has 0 atom stereocenters. The van der Waals surface area contributed by atoms with E-state index in [9.17, 15) is 0 Å². The van der Waals surface area contributed by atoms with E-state index in [2.05, 4.69) is 215 Å². The molecule has 0 saturated heterocycles. The van der Waals surface area contributed by atoms with Crippen molar-refractivity contribution < 1.29 is 0 Å². The van der Waals surface area contributed by atoms with Gasteiger partial charge in [-0.3, -0.25) is 4.57 Å². The first-order valence-corrected chi connectivity index (χ1v) is 19.7. The van der Waals surface area contributed by atoms with Gasteiger partial charge in [0.1, 0.15) is 0 Å². The van der Waals surface area contributed by atoms with E-state index >= 15 is 0 Å². The average Bonchev–Trinajstić information content (AvgIpc) is 3.81. The first-order chi connectivity index (χ1) is 28.8. The number of benzene rings is 9. The van der Waals surface area contributed by atoms with Crippen LogP contribution in [0.4, 0.5) is 0 Å². The molecule has 0 amide bonds. The fourth-order valence-electron chi connectivity index (χ4n) is 9.08. The van der Waals surface area contributed by atoms with Gasteiger partial charge in [-0.15, -0.1) is 0 Å². The van der Waals surface area contributed by atoms with E-state index in [0.717, 1.165) is 66.3 Å². The predicted octanol–water partition coefficient (Wildman–Crippen LogP) is 14.0. The number of rotatable bonds is 5. The quantitative estimate of drug-likeness (QED) is 0.176. The van der Waals surface area contributed by atoms with Gasteiger partial charge in [0.15, 0.2) is 0 Å². The molecule has 0 fully saturated rings. The zero-order valence-corrected chi connectivity index (χ0v) is 31.4. The normalized spacial score (nSPS) is 11.8. The summed E-state index contributed by atoms with van der Waals surface area (Å²) < 4.78 is 4.61. The van der Waals surface area contributed by atoms with Crippen molar-refractivity contribution in [3.63, 3.8) is 0 Å². The maximum atomic E-state index is 5.42. The van der Waals surface area contributed by atoms with E-state index < -0.39 is 0 Å². The summed E-state index contributed by atoms with van der Waals surface area (Å²) in [5.41, 5.74) is 11.9. The molecule has 3 heterocycles. The van der Waals surface area contributed by atoms with Gasteiger partial charge in [-0.25, -0.2) is 9.97 Å². The minimum Gasteiger partial charge on any atom is -0.309 e. The standard InChI is InChI=1S/C54H34N4/c1-2-18-39(19-3-1)57-50-26-10-8-22-44(50)46-32-37(28-30-52(46)57)38-29-31-53-47(33-38)45-23-9-11-27-51(45)58(53)54-55-48(42-24-12-16-35-14-4-6-20-40(35)42)34-49(56-54)43-25-13-17-36-15-5-7-21-41(36)43/h1-34H. The molecule has 12 rings (SSSR count). The lowest BCUT2D eigenvalue weighted by Crippen LogP contribution is -2.04. The average molecular weight is 739 g/mol. The molecule has 0 unspecified atom stereocenters. The summed E-state index contributed by atoms with van der Waals surface area (Å²) in [6.45, 7) is 0. The topological polar surface area (TPSA) is 35.6 Å². The Balaban J connectivity index is 1.08. The summed E-state index contributed by atoms with van der Waals surface area (Å²) >= 11 is 0. The first kappa shape index (κ1) is 32.4. The first-order valence-electron chi connectivity index (χ1n) is 19.7. The van der Waals surface area contributed by atoms with Crippen LogP contribution < -0.4 is 0 Å². The molecule has 0 aliphatic carbocycles. The maximum absolute atomic E-state index is 5.42. The summed E-state index contributed by atoms with van der Waals surface area (Å²) in [7, 11) is 0. The van der Waals surface area contributed by atoms with Crippen LogP contribution in [0.25, 0.3) is 110 Å². The number of fused-ring (bicyclic) bond motifs is 8. The van der Waals surface area contributed by atoms with E-state index in [1.54, 1.807) is 0 Å². The lowest BCUT2D eigenvalue weighted by molar-refractivity contribution is 0.997. The van der Waals surface area contributed by atoms with E-state index in [0.29, 0.717) is 5.95 Å². The van der Waals surface area contributed by atoms with Crippen LogP contribution in [0.1, 0.15) is 0 Å². The Morgan fingerprint density at radius 1 is 0.293 bits per heavy atom. The highest BCUT2D eigenvalue weighted by molar-refractivity contribution is 6.13. The number of hydrogen-bond donors (Lipinski definition) is 0. The number of aromatic nitrogens is 4. The van der Waals surface area contributed by atoms with Crippen LogP contribution in [-0.2, 0) is 0 Å². The molecule has 9 aromatic carbocycles. The lowest BCUT2D eigenvalue weighted by Gasteiger charge is -2.14. The molecule has 0 spiro atoms. The molecular weight excluding hydrogens is 705 g/mol. The van der Waals surface area contributed by atoms with Gasteiger partial charge in [-0.2, -0.15) is 0 Å². The van der Waals surface area contributed by atoms with Gasteiger partial charge in [0.05, 0.1) is 33.5 Å². The fraction of sp³-hybridized carbons (Fsp3) is 0. The molecule has 0 aliphatic heterocycles. The van der Waals surface area contributed by atoms with Gasteiger partial charge in [-0.05, 0) is 87.3 Å². The van der Waals surface area contributed by atoms with E-state index in [-0.39, 0.29) is 0 Å². The van der Waals surface area contributed by atoms with Crippen LogP contribution >= 0.6 is 0 Å². The predicted molar refractivity (Wildman–Crippen MR) is 242 cm³/mol. The third kappa shape index (κ3) is 5.02. The van der Waals surface area contributed by atoms with Crippen LogP contribution in [0.15, 0.2) is 206 Å². The largest absolute Gasteiger partial charge is 0.309 e. The number of para-hydroxylation sites is 3. The van der Waals surface area contributed by atoms with Crippen molar-refractivity contribution in [2.24, 2.45) is 0 Å². The molecule has 0 N–H and O–H groups in total. The molecule has 0 bridgehead atoms. The van der Waals surface area contributed by atoms with Crippen molar-refractivity contribution >= 4 is 65.2 Å². The van der Waals surface area contributed by atoms with Crippen LogP contribution in [-0.4, -0.2) is 19.1 Å². The Kier molecular flexibility index (Phi) is 7.20. The van der Waals surface area contributed by atoms with Gasteiger partial charge in [0.2, 0.25) is 5.95 Å². The molecule has 4 nitrogen and oxygen atoms in total. The fourth-order valence-corrected chi connectivity index (χ4v) is 9.08. The van der Waals surface area contributed by atoms with Gasteiger partial charge < -0.3 is 4.57 Å². The van der Waals surface area contributed by atoms with Crippen molar-refractivity contribution in [2.45, 2.75) is 0 Å². The molecule has 0 aliphatic rings. The molecule has 3 aromatic heterocycles. The zero-order valence-electron chi connectivity index (χ0n) is 31.4. The van der Waals surface area contributed by atoms with E-state index in [1.165, 1.54) is 38.1 Å². The second-order valence-corrected chi connectivity index (χ2v) is 15.0. The van der Waals surface area contributed by atoms with Crippen molar-refractivity contribution in [2.75, 3.05) is 0 Å². The Bertz CT molecular complexity index is 3470. The smallest absolute Gasteiger partial charge is 0.235 e. The SMILES string of the molecule is c1ccc(-n2c3ccccc3c3cc(-c4ccc5c(c4)c4ccccc4n5-c4nc(-c5cccc6ccccc56)cc(-c5cccc6ccccc56)n4)ccc32)cc1. The van der Waals surface area contributed by atoms with Crippen molar-refractivity contribution in [1.82, 2.24) is 19.1 Å². The summed E-state index contributed by atoms with van der Waals surface area (Å²) in [5, 5.41) is 9.48. The minimum atomic E-state index is 0.641. The van der Waals surface area contributed by atoms with Crippen LogP contribution in [0.5, 0.6) is 0 Å². The molecule has 0 saturated carbocycles. The minimum absolute atomic E-state index is 0.641. The van der Waals surface area contributed by atoms with E-state index in [4.69, 9.17) is 9.97 Å². The molecule has 58 heavy (non-hydrogen) atoms. The third-order valence-corrected chi connectivity index (χ3v) is 11.7. The van der Waals surface area contributed by atoms with E-state index in [1.807, 2.05) is 0 Å². The monoisotopic (exact) mass is 738 g/mol. The van der Waals surface area contributed by atoms with Crippen molar-refractivity contribution in [1.29, 1.82) is 0 Å². The lowest BCUT2D eigenvalue weighted by atomic mass is 9.99. The highest BCUT2D eigenvalue weighted by Crippen LogP contribution is 2.39. The van der Waals surface area contributed by atoms with Crippen LogP contribution in [0.3, 0.4) is 0 Å². The molecule has 0 radical (unpaired) electrons. The maximum Gasteiger partial charge on any atom is 0.235 e. The number of hydrogen-bond acceptors (Lipinski definition) is 2. The summed E-state index contributed by atoms with van der Waals surface area (Å²) in [5.74, 6) is 0.641.